The Morgan fingerprint density at radius 2 is 2.12 bits per heavy atom. The Morgan fingerprint density at radius 1 is 1.35 bits per heavy atom. The molecule has 26 heavy (non-hydrogen) atoms. The lowest BCUT2D eigenvalue weighted by molar-refractivity contribution is 0.255. The highest BCUT2D eigenvalue weighted by molar-refractivity contribution is 5.80. The maximum atomic E-state index is 5.42. The lowest BCUT2D eigenvalue weighted by Gasteiger charge is -2.24. The molecular formula is C21H36N4O. The maximum Gasteiger partial charge on any atom is 0.193 e. The van der Waals surface area contributed by atoms with Crippen molar-refractivity contribution in [1.82, 2.24) is 15.1 Å². The molecule has 1 aromatic rings. The molecule has 1 aliphatic rings. The number of likely N-dealkylation sites (tertiary alicyclic amines) is 1. The second-order valence-corrected chi connectivity index (χ2v) is 7.11. The van der Waals surface area contributed by atoms with Gasteiger partial charge in [0.15, 0.2) is 5.96 Å². The van der Waals surface area contributed by atoms with Crippen molar-refractivity contribution in [2.24, 2.45) is 10.9 Å². The van der Waals surface area contributed by atoms with Crippen molar-refractivity contribution in [3.05, 3.63) is 29.3 Å². The highest BCUT2D eigenvalue weighted by Gasteiger charge is 2.25. The molecule has 0 saturated carbocycles. The van der Waals surface area contributed by atoms with E-state index in [4.69, 9.17) is 4.74 Å². The molecule has 1 unspecified atom stereocenters. The molecule has 1 aliphatic heterocycles. The second-order valence-electron chi connectivity index (χ2n) is 7.11. The molecule has 146 valence electrons. The van der Waals surface area contributed by atoms with Gasteiger partial charge < -0.3 is 19.9 Å². The minimum atomic E-state index is 0.745. The Morgan fingerprint density at radius 3 is 2.77 bits per heavy atom. The van der Waals surface area contributed by atoms with Gasteiger partial charge in [-0.15, -0.1) is 0 Å². The molecule has 1 saturated heterocycles. The van der Waals surface area contributed by atoms with Gasteiger partial charge in [-0.05, 0) is 56.0 Å². The van der Waals surface area contributed by atoms with E-state index in [9.17, 15) is 0 Å². The highest BCUT2D eigenvalue weighted by atomic mass is 16.5. The third-order valence-electron chi connectivity index (χ3n) is 5.38. The Bertz CT molecular complexity index is 583. The van der Waals surface area contributed by atoms with Crippen molar-refractivity contribution < 1.29 is 4.74 Å². The topological polar surface area (TPSA) is 40.1 Å². The van der Waals surface area contributed by atoms with Crippen molar-refractivity contribution in [3.8, 4) is 5.75 Å². The molecule has 0 amide bonds. The third-order valence-corrected chi connectivity index (χ3v) is 5.38. The van der Waals surface area contributed by atoms with Crippen LogP contribution in [0, 0.1) is 12.8 Å². The van der Waals surface area contributed by atoms with Crippen LogP contribution in [0.4, 0.5) is 0 Å². The van der Waals surface area contributed by atoms with Crippen LogP contribution in [0.2, 0.25) is 0 Å². The average molecular weight is 361 g/mol. The molecule has 2 rings (SSSR count). The predicted molar refractivity (Wildman–Crippen MR) is 110 cm³/mol. The minimum Gasteiger partial charge on any atom is -0.496 e. The number of methoxy groups -OCH3 is 1. The summed E-state index contributed by atoms with van der Waals surface area (Å²) in [7, 11) is 3.61. The Labute approximate surface area is 159 Å². The van der Waals surface area contributed by atoms with Crippen LogP contribution < -0.4 is 10.1 Å². The fourth-order valence-electron chi connectivity index (χ4n) is 3.69. The van der Waals surface area contributed by atoms with Gasteiger partial charge in [-0.1, -0.05) is 26.0 Å². The number of rotatable bonds is 8. The van der Waals surface area contributed by atoms with Crippen LogP contribution >= 0.6 is 0 Å². The molecular weight excluding hydrogens is 324 g/mol. The molecule has 0 aliphatic carbocycles. The van der Waals surface area contributed by atoms with Gasteiger partial charge in [-0.25, -0.2) is 0 Å². The van der Waals surface area contributed by atoms with Gasteiger partial charge in [-0.2, -0.15) is 0 Å². The van der Waals surface area contributed by atoms with Crippen LogP contribution in [0.5, 0.6) is 5.75 Å². The van der Waals surface area contributed by atoms with Crippen LogP contribution in [-0.4, -0.2) is 69.2 Å². The van der Waals surface area contributed by atoms with E-state index < -0.39 is 0 Å². The van der Waals surface area contributed by atoms with E-state index in [1.54, 1.807) is 7.11 Å². The number of benzene rings is 1. The van der Waals surface area contributed by atoms with Crippen LogP contribution in [0.25, 0.3) is 0 Å². The molecule has 0 bridgehead atoms. The molecule has 0 radical (unpaired) electrons. The van der Waals surface area contributed by atoms with Gasteiger partial charge in [0.25, 0.3) is 0 Å². The SMILES string of the molecule is CCN(CC)CC1CCN(C(=NC)NCCc2ccc(C)c(OC)c2)C1. The average Bonchev–Trinajstić information content (AvgIpc) is 3.12. The van der Waals surface area contributed by atoms with Crippen molar-refractivity contribution >= 4 is 5.96 Å². The van der Waals surface area contributed by atoms with Gasteiger partial charge in [0.05, 0.1) is 7.11 Å². The minimum absolute atomic E-state index is 0.745. The van der Waals surface area contributed by atoms with Crippen LogP contribution in [-0.2, 0) is 6.42 Å². The van der Waals surface area contributed by atoms with E-state index >= 15 is 0 Å². The number of aryl methyl sites for hydroxylation is 1. The van der Waals surface area contributed by atoms with Crippen LogP contribution in [0.1, 0.15) is 31.4 Å². The van der Waals surface area contributed by atoms with Crippen molar-refractivity contribution in [3.63, 3.8) is 0 Å². The predicted octanol–water partition coefficient (Wildman–Crippen LogP) is 2.79. The van der Waals surface area contributed by atoms with Gasteiger partial charge in [0.1, 0.15) is 5.75 Å². The number of hydrogen-bond acceptors (Lipinski definition) is 3. The van der Waals surface area contributed by atoms with E-state index in [0.29, 0.717) is 0 Å². The quantitative estimate of drug-likeness (QED) is 0.572. The first-order valence-electron chi connectivity index (χ1n) is 9.92. The second kappa shape index (κ2) is 10.4. The zero-order valence-electron chi connectivity index (χ0n) is 17.2. The Hall–Kier alpha value is -1.75. The number of guanidine groups is 1. The van der Waals surface area contributed by atoms with E-state index in [-0.39, 0.29) is 0 Å². The monoisotopic (exact) mass is 360 g/mol. The van der Waals surface area contributed by atoms with Gasteiger partial charge in [-0.3, -0.25) is 4.99 Å². The maximum absolute atomic E-state index is 5.42. The highest BCUT2D eigenvalue weighted by Crippen LogP contribution is 2.19. The molecule has 1 N–H and O–H groups in total. The van der Waals surface area contributed by atoms with E-state index in [1.165, 1.54) is 24.1 Å². The summed E-state index contributed by atoms with van der Waals surface area (Å²) in [4.78, 5) is 9.43. The number of hydrogen-bond donors (Lipinski definition) is 1. The smallest absolute Gasteiger partial charge is 0.193 e. The summed E-state index contributed by atoms with van der Waals surface area (Å²) < 4.78 is 5.42. The van der Waals surface area contributed by atoms with Crippen molar-refractivity contribution in [2.45, 2.75) is 33.6 Å². The van der Waals surface area contributed by atoms with Crippen LogP contribution in [0.15, 0.2) is 23.2 Å². The first-order chi connectivity index (χ1) is 12.6. The van der Waals surface area contributed by atoms with E-state index in [0.717, 1.165) is 56.8 Å². The number of nitrogens with one attached hydrogen (secondary N) is 1. The molecule has 0 spiro atoms. The molecule has 1 atom stereocenters. The molecule has 0 aromatic heterocycles. The standard InChI is InChI=1S/C21H36N4O/c1-6-24(7-2)15-19-11-13-25(16-19)21(22-4)23-12-10-18-9-8-17(3)20(14-18)26-5/h8-9,14,19H,6-7,10-13,15-16H2,1-5H3,(H,22,23). The summed E-state index contributed by atoms with van der Waals surface area (Å²) in [6.45, 7) is 13.1. The summed E-state index contributed by atoms with van der Waals surface area (Å²) in [5.41, 5.74) is 2.47. The number of nitrogens with zero attached hydrogens (tertiary/aromatic N) is 3. The Kier molecular flexibility index (Phi) is 8.23. The van der Waals surface area contributed by atoms with Gasteiger partial charge >= 0.3 is 0 Å². The summed E-state index contributed by atoms with van der Waals surface area (Å²) in [5, 5.41) is 3.54. The third kappa shape index (κ3) is 5.63. The lowest BCUT2D eigenvalue weighted by Crippen LogP contribution is -2.41. The van der Waals surface area contributed by atoms with E-state index in [2.05, 4.69) is 59.1 Å². The molecule has 5 nitrogen and oxygen atoms in total. The molecule has 1 aromatic carbocycles. The molecule has 1 fully saturated rings. The molecule has 1 heterocycles. The summed E-state index contributed by atoms with van der Waals surface area (Å²) in [5.74, 6) is 2.74. The fourth-order valence-corrected chi connectivity index (χ4v) is 3.69. The van der Waals surface area contributed by atoms with Gasteiger partial charge in [0, 0.05) is 33.2 Å². The lowest BCUT2D eigenvalue weighted by atomic mass is 10.1. The number of aliphatic imine (C=N–C) groups is 1. The summed E-state index contributed by atoms with van der Waals surface area (Å²) in [6, 6.07) is 6.44. The first kappa shape index (κ1) is 20.6. The van der Waals surface area contributed by atoms with Gasteiger partial charge in [0.2, 0.25) is 0 Å². The first-order valence-corrected chi connectivity index (χ1v) is 9.92. The van der Waals surface area contributed by atoms with Crippen LogP contribution in [0.3, 0.4) is 0 Å². The van der Waals surface area contributed by atoms with E-state index in [1.807, 2.05) is 7.05 Å². The number of ether oxygens (including phenoxy) is 1. The summed E-state index contributed by atoms with van der Waals surface area (Å²) >= 11 is 0. The zero-order chi connectivity index (χ0) is 18.9. The Balaban J connectivity index is 1.81. The van der Waals surface area contributed by atoms with Crippen molar-refractivity contribution in [2.75, 3.05) is 53.4 Å². The molecule has 5 heteroatoms. The normalized spacial score (nSPS) is 17.8. The fraction of sp³-hybridized carbons (Fsp3) is 0.667. The summed E-state index contributed by atoms with van der Waals surface area (Å²) in [6.07, 6.45) is 2.22. The largest absolute Gasteiger partial charge is 0.496 e. The van der Waals surface area contributed by atoms with Crippen molar-refractivity contribution in [1.29, 1.82) is 0 Å². The zero-order valence-corrected chi connectivity index (χ0v) is 17.2.